The van der Waals surface area contributed by atoms with E-state index in [1.807, 2.05) is 44.2 Å². The van der Waals surface area contributed by atoms with Gasteiger partial charge in [0.2, 0.25) is 11.9 Å². The van der Waals surface area contributed by atoms with Crippen LogP contribution in [0.2, 0.25) is 0 Å². The Morgan fingerprint density at radius 1 is 1.04 bits per heavy atom. The van der Waals surface area contributed by atoms with E-state index in [4.69, 9.17) is 0 Å². The number of benzene rings is 1. The molecule has 2 N–H and O–H groups in total. The highest BCUT2D eigenvalue weighted by Crippen LogP contribution is 2.20. The van der Waals surface area contributed by atoms with Crippen molar-refractivity contribution in [3.63, 3.8) is 0 Å². The number of hydrogen-bond donors (Lipinski definition) is 2. The Morgan fingerprint density at radius 3 is 2.28 bits per heavy atom. The highest BCUT2D eigenvalue weighted by molar-refractivity contribution is 5.90. The number of amides is 1. The molecule has 134 valence electrons. The molecule has 1 aromatic carbocycles. The molecule has 0 fully saturated rings. The van der Waals surface area contributed by atoms with Crippen LogP contribution in [-0.2, 0) is 4.79 Å². The zero-order chi connectivity index (χ0) is 18.2. The van der Waals surface area contributed by atoms with Crippen molar-refractivity contribution in [1.82, 2.24) is 9.97 Å². The standard InChI is InChI=1S/C19H27N5O/c1-5-8-18(25)21-15-9-11-16(12-10-15)22-19-20-14(4)13-17(23-19)24(6-2)7-3/h9-13H,5-8H2,1-4H3,(H,21,25)(H,20,22,23). The molecule has 6 heteroatoms. The van der Waals surface area contributed by atoms with Gasteiger partial charge in [-0.3, -0.25) is 4.79 Å². The lowest BCUT2D eigenvalue weighted by Crippen LogP contribution is -2.23. The molecule has 6 nitrogen and oxygen atoms in total. The Hall–Kier alpha value is -2.63. The Bertz CT molecular complexity index is 695. The van der Waals surface area contributed by atoms with Crippen LogP contribution in [0, 0.1) is 6.92 Å². The maximum absolute atomic E-state index is 11.6. The van der Waals surface area contributed by atoms with Gasteiger partial charge in [-0.2, -0.15) is 4.98 Å². The average Bonchev–Trinajstić information content (AvgIpc) is 2.57. The van der Waals surface area contributed by atoms with Crippen LogP contribution in [0.3, 0.4) is 0 Å². The molecule has 0 saturated heterocycles. The summed E-state index contributed by atoms with van der Waals surface area (Å²) < 4.78 is 0. The minimum atomic E-state index is 0.0362. The van der Waals surface area contributed by atoms with Gasteiger partial charge in [0.15, 0.2) is 0 Å². The van der Waals surface area contributed by atoms with Crippen LogP contribution in [0.25, 0.3) is 0 Å². The zero-order valence-electron chi connectivity index (χ0n) is 15.5. The van der Waals surface area contributed by atoms with Crippen molar-refractivity contribution in [3.05, 3.63) is 36.0 Å². The average molecular weight is 341 g/mol. The summed E-state index contributed by atoms with van der Waals surface area (Å²) in [5.41, 5.74) is 2.59. The summed E-state index contributed by atoms with van der Waals surface area (Å²) in [6.07, 6.45) is 1.37. The summed E-state index contributed by atoms with van der Waals surface area (Å²) in [7, 11) is 0. The number of carbonyl (C=O) groups excluding carboxylic acids is 1. The third-order valence-electron chi connectivity index (χ3n) is 3.83. The molecule has 2 aromatic rings. The molecule has 25 heavy (non-hydrogen) atoms. The molecule has 1 amide bonds. The number of carbonyl (C=O) groups is 1. The van der Waals surface area contributed by atoms with Crippen LogP contribution < -0.4 is 15.5 Å². The number of aryl methyl sites for hydroxylation is 1. The van der Waals surface area contributed by atoms with E-state index in [-0.39, 0.29) is 5.91 Å². The van der Waals surface area contributed by atoms with E-state index in [9.17, 15) is 4.79 Å². The Balaban J connectivity index is 2.10. The molecule has 0 unspecified atom stereocenters. The smallest absolute Gasteiger partial charge is 0.229 e. The first-order valence-corrected chi connectivity index (χ1v) is 8.83. The normalized spacial score (nSPS) is 10.4. The Labute approximate surface area is 149 Å². The molecule has 2 rings (SSSR count). The zero-order valence-corrected chi connectivity index (χ0v) is 15.5. The Morgan fingerprint density at radius 2 is 1.68 bits per heavy atom. The van der Waals surface area contributed by atoms with Gasteiger partial charge in [0.1, 0.15) is 5.82 Å². The molecule has 1 heterocycles. The van der Waals surface area contributed by atoms with E-state index in [1.54, 1.807) is 0 Å². The number of rotatable bonds is 8. The van der Waals surface area contributed by atoms with Crippen molar-refractivity contribution in [3.8, 4) is 0 Å². The largest absolute Gasteiger partial charge is 0.357 e. The van der Waals surface area contributed by atoms with Gasteiger partial charge in [-0.15, -0.1) is 0 Å². The first kappa shape index (κ1) is 18.7. The molecule has 0 aliphatic rings. The van der Waals surface area contributed by atoms with Crippen LogP contribution in [0.5, 0.6) is 0 Å². The van der Waals surface area contributed by atoms with Crippen molar-refractivity contribution in [2.45, 2.75) is 40.5 Å². The first-order chi connectivity index (χ1) is 12.0. The summed E-state index contributed by atoms with van der Waals surface area (Å²) in [5, 5.41) is 6.11. The third kappa shape index (κ3) is 5.45. The number of aromatic nitrogens is 2. The van der Waals surface area contributed by atoms with Gasteiger partial charge in [0.25, 0.3) is 0 Å². The number of nitrogens with one attached hydrogen (secondary N) is 2. The van der Waals surface area contributed by atoms with E-state index in [0.717, 1.165) is 42.4 Å². The summed E-state index contributed by atoms with van der Waals surface area (Å²) in [6.45, 7) is 9.98. The molecule has 0 radical (unpaired) electrons. The molecule has 0 aliphatic heterocycles. The fourth-order valence-electron chi connectivity index (χ4n) is 2.53. The second kappa shape index (κ2) is 9.01. The van der Waals surface area contributed by atoms with Gasteiger partial charge in [-0.25, -0.2) is 4.98 Å². The van der Waals surface area contributed by atoms with Crippen molar-refractivity contribution < 1.29 is 4.79 Å². The van der Waals surface area contributed by atoms with Crippen molar-refractivity contribution in [2.24, 2.45) is 0 Å². The van der Waals surface area contributed by atoms with E-state index >= 15 is 0 Å². The summed E-state index contributed by atoms with van der Waals surface area (Å²) in [5.74, 6) is 1.53. The highest BCUT2D eigenvalue weighted by Gasteiger charge is 2.08. The highest BCUT2D eigenvalue weighted by atomic mass is 16.1. The molecular weight excluding hydrogens is 314 g/mol. The Kier molecular flexibility index (Phi) is 6.74. The summed E-state index contributed by atoms with van der Waals surface area (Å²) >= 11 is 0. The van der Waals surface area contributed by atoms with E-state index in [1.165, 1.54) is 0 Å². The van der Waals surface area contributed by atoms with Gasteiger partial charge in [-0.1, -0.05) is 6.92 Å². The predicted octanol–water partition coefficient (Wildman–Crippen LogP) is 4.11. The second-order valence-electron chi connectivity index (χ2n) is 5.86. The summed E-state index contributed by atoms with van der Waals surface area (Å²) in [4.78, 5) is 22.9. The maximum atomic E-state index is 11.6. The van der Waals surface area contributed by atoms with Crippen molar-refractivity contribution >= 4 is 29.0 Å². The molecule has 0 aliphatic carbocycles. The lowest BCUT2D eigenvalue weighted by Gasteiger charge is -2.20. The summed E-state index contributed by atoms with van der Waals surface area (Å²) in [6, 6.07) is 9.55. The second-order valence-corrected chi connectivity index (χ2v) is 5.86. The van der Waals surface area contributed by atoms with Crippen LogP contribution in [0.15, 0.2) is 30.3 Å². The van der Waals surface area contributed by atoms with E-state index in [2.05, 4.69) is 39.3 Å². The van der Waals surface area contributed by atoms with Crippen LogP contribution >= 0.6 is 0 Å². The van der Waals surface area contributed by atoms with Crippen LogP contribution in [0.4, 0.5) is 23.1 Å². The van der Waals surface area contributed by atoms with Crippen molar-refractivity contribution in [1.29, 1.82) is 0 Å². The maximum Gasteiger partial charge on any atom is 0.229 e. The first-order valence-electron chi connectivity index (χ1n) is 8.83. The topological polar surface area (TPSA) is 70.2 Å². The van der Waals surface area contributed by atoms with Crippen molar-refractivity contribution in [2.75, 3.05) is 28.6 Å². The van der Waals surface area contributed by atoms with Gasteiger partial charge in [0.05, 0.1) is 0 Å². The monoisotopic (exact) mass is 341 g/mol. The van der Waals surface area contributed by atoms with Gasteiger partial charge in [0, 0.05) is 42.6 Å². The van der Waals surface area contributed by atoms with E-state index in [0.29, 0.717) is 12.4 Å². The van der Waals surface area contributed by atoms with Crippen LogP contribution in [-0.4, -0.2) is 29.0 Å². The number of anilines is 4. The minimum absolute atomic E-state index is 0.0362. The fourth-order valence-corrected chi connectivity index (χ4v) is 2.53. The molecule has 0 atom stereocenters. The lowest BCUT2D eigenvalue weighted by molar-refractivity contribution is -0.116. The fraction of sp³-hybridized carbons (Fsp3) is 0.421. The van der Waals surface area contributed by atoms with Gasteiger partial charge < -0.3 is 15.5 Å². The number of nitrogens with zero attached hydrogens (tertiary/aromatic N) is 3. The van der Waals surface area contributed by atoms with Crippen LogP contribution in [0.1, 0.15) is 39.3 Å². The molecule has 0 bridgehead atoms. The molecule has 1 aromatic heterocycles. The quantitative estimate of drug-likeness (QED) is 0.756. The van der Waals surface area contributed by atoms with Gasteiger partial charge in [-0.05, 0) is 51.5 Å². The number of hydrogen-bond acceptors (Lipinski definition) is 5. The molecular formula is C19H27N5O. The van der Waals surface area contributed by atoms with Gasteiger partial charge >= 0.3 is 0 Å². The SMILES string of the molecule is CCCC(=O)Nc1ccc(Nc2nc(C)cc(N(CC)CC)n2)cc1. The lowest BCUT2D eigenvalue weighted by atomic mass is 10.2. The minimum Gasteiger partial charge on any atom is -0.357 e. The molecule has 0 saturated carbocycles. The molecule has 0 spiro atoms. The predicted molar refractivity (Wildman–Crippen MR) is 104 cm³/mol. The third-order valence-corrected chi connectivity index (χ3v) is 3.83. The van der Waals surface area contributed by atoms with E-state index < -0.39 is 0 Å².